The van der Waals surface area contributed by atoms with Crippen LogP contribution in [0, 0.1) is 0 Å². The highest BCUT2D eigenvalue weighted by atomic mass is 16.6. The van der Waals surface area contributed by atoms with Crippen molar-refractivity contribution in [3.05, 3.63) is 80.6 Å². The van der Waals surface area contributed by atoms with Crippen LogP contribution in [0.5, 0.6) is 0 Å². The van der Waals surface area contributed by atoms with Crippen LogP contribution in [0.1, 0.15) is 22.1 Å². The van der Waals surface area contributed by atoms with Crippen molar-refractivity contribution in [2.45, 2.75) is 31.0 Å². The highest BCUT2D eigenvalue weighted by Gasteiger charge is 2.45. The monoisotopic (exact) mass is 455 g/mol. The molecule has 1 fully saturated rings. The van der Waals surface area contributed by atoms with E-state index in [1.54, 1.807) is 0 Å². The number of aliphatic hydroxyl groups is 2. The molecule has 0 unspecified atom stereocenters. The number of aromatic amines is 1. The average molecular weight is 455 g/mol. The van der Waals surface area contributed by atoms with E-state index in [4.69, 9.17) is 9.47 Å². The van der Waals surface area contributed by atoms with Crippen LogP contribution in [0.15, 0.2) is 58.3 Å². The molecule has 10 nitrogen and oxygen atoms in total. The molecule has 1 aliphatic rings. The molecule has 4 N–H and O–H groups in total. The van der Waals surface area contributed by atoms with E-state index in [2.05, 4.69) is 10.3 Å². The van der Waals surface area contributed by atoms with Crippen LogP contribution in [-0.4, -0.2) is 64.2 Å². The van der Waals surface area contributed by atoms with Crippen LogP contribution in [0.4, 0.5) is 0 Å². The van der Waals surface area contributed by atoms with Gasteiger partial charge in [-0.25, -0.2) is 4.79 Å². The van der Waals surface area contributed by atoms with Gasteiger partial charge in [-0.3, -0.25) is 19.1 Å². The SMILES string of the molecule is CO[C@@H]1[C@@H](O)[C@@H](CO)O[C@H]1n1cc(C(=O)NCCc2cccc3ccccc23)c(=O)[nH]c1=O. The zero-order valence-corrected chi connectivity index (χ0v) is 17.9. The number of rotatable bonds is 7. The minimum atomic E-state index is -1.19. The van der Waals surface area contributed by atoms with Crippen molar-refractivity contribution in [1.29, 1.82) is 0 Å². The van der Waals surface area contributed by atoms with Crippen LogP contribution < -0.4 is 16.6 Å². The van der Waals surface area contributed by atoms with Gasteiger partial charge in [-0.15, -0.1) is 0 Å². The van der Waals surface area contributed by atoms with Gasteiger partial charge in [0.15, 0.2) is 6.23 Å². The van der Waals surface area contributed by atoms with Gasteiger partial charge in [0, 0.05) is 19.9 Å². The van der Waals surface area contributed by atoms with Crippen LogP contribution in [-0.2, 0) is 15.9 Å². The third-order valence-electron chi connectivity index (χ3n) is 5.81. The van der Waals surface area contributed by atoms with Crippen molar-refractivity contribution in [3.63, 3.8) is 0 Å². The molecule has 0 radical (unpaired) electrons. The van der Waals surface area contributed by atoms with Gasteiger partial charge in [0.2, 0.25) is 0 Å². The van der Waals surface area contributed by atoms with E-state index in [0.29, 0.717) is 6.42 Å². The maximum atomic E-state index is 12.7. The van der Waals surface area contributed by atoms with Gasteiger partial charge >= 0.3 is 5.69 Å². The fourth-order valence-electron chi connectivity index (χ4n) is 4.10. The van der Waals surface area contributed by atoms with E-state index in [1.165, 1.54) is 7.11 Å². The van der Waals surface area contributed by atoms with Crippen LogP contribution in [0.3, 0.4) is 0 Å². The molecular weight excluding hydrogens is 430 g/mol. The molecule has 4 atom stereocenters. The van der Waals surface area contributed by atoms with E-state index in [0.717, 1.165) is 27.1 Å². The second-order valence-corrected chi connectivity index (χ2v) is 7.79. The van der Waals surface area contributed by atoms with E-state index >= 15 is 0 Å². The number of amides is 1. The zero-order chi connectivity index (χ0) is 23.5. The van der Waals surface area contributed by atoms with E-state index in [1.807, 2.05) is 42.5 Å². The number of ether oxygens (including phenoxy) is 2. The van der Waals surface area contributed by atoms with Crippen molar-refractivity contribution in [2.24, 2.45) is 0 Å². The fourth-order valence-corrected chi connectivity index (χ4v) is 4.10. The fraction of sp³-hybridized carbons (Fsp3) is 0.348. The number of fused-ring (bicyclic) bond motifs is 1. The number of carbonyl (C=O) groups excluding carboxylic acids is 1. The lowest BCUT2D eigenvalue weighted by Crippen LogP contribution is -2.41. The second-order valence-electron chi connectivity index (χ2n) is 7.79. The molecular formula is C23H25N3O7. The first kappa shape index (κ1) is 22.9. The lowest BCUT2D eigenvalue weighted by atomic mass is 10.0. The Hall–Kier alpha value is -3.31. The number of hydrogen-bond acceptors (Lipinski definition) is 7. The minimum absolute atomic E-state index is 0.275. The summed E-state index contributed by atoms with van der Waals surface area (Å²) in [4.78, 5) is 39.5. The molecule has 0 aliphatic carbocycles. The number of aliphatic hydroxyl groups excluding tert-OH is 2. The van der Waals surface area contributed by atoms with Crippen molar-refractivity contribution in [3.8, 4) is 0 Å². The van der Waals surface area contributed by atoms with Crippen molar-refractivity contribution < 1.29 is 24.5 Å². The summed E-state index contributed by atoms with van der Waals surface area (Å²) in [7, 11) is 1.32. The number of benzene rings is 2. The number of nitrogens with zero attached hydrogens (tertiary/aromatic N) is 1. The molecule has 10 heteroatoms. The lowest BCUT2D eigenvalue weighted by molar-refractivity contribution is -0.0626. The molecule has 1 saturated heterocycles. The minimum Gasteiger partial charge on any atom is -0.394 e. The van der Waals surface area contributed by atoms with E-state index in [-0.39, 0.29) is 12.1 Å². The Bertz CT molecular complexity index is 1260. The predicted molar refractivity (Wildman–Crippen MR) is 119 cm³/mol. The average Bonchev–Trinajstić information content (AvgIpc) is 3.14. The van der Waals surface area contributed by atoms with Gasteiger partial charge in [-0.2, -0.15) is 0 Å². The molecule has 1 aliphatic heterocycles. The van der Waals surface area contributed by atoms with Crippen molar-refractivity contribution >= 4 is 16.7 Å². The summed E-state index contributed by atoms with van der Waals surface area (Å²) in [6.07, 6.45) is -2.65. The van der Waals surface area contributed by atoms with Crippen LogP contribution in [0.2, 0.25) is 0 Å². The highest BCUT2D eigenvalue weighted by Crippen LogP contribution is 2.30. The third-order valence-corrected chi connectivity index (χ3v) is 5.81. The Morgan fingerprint density at radius 1 is 1.21 bits per heavy atom. The van der Waals surface area contributed by atoms with Gasteiger partial charge in [-0.1, -0.05) is 42.5 Å². The molecule has 174 valence electrons. The summed E-state index contributed by atoms with van der Waals surface area (Å²) in [5, 5.41) is 24.5. The Kier molecular flexibility index (Phi) is 6.70. The third kappa shape index (κ3) is 4.46. The van der Waals surface area contributed by atoms with Gasteiger partial charge in [-0.05, 0) is 22.8 Å². The summed E-state index contributed by atoms with van der Waals surface area (Å²) in [5.74, 6) is -0.656. The zero-order valence-electron chi connectivity index (χ0n) is 17.9. The Morgan fingerprint density at radius 2 is 1.97 bits per heavy atom. The summed E-state index contributed by atoms with van der Waals surface area (Å²) in [5.41, 5.74) is -0.901. The molecule has 0 bridgehead atoms. The topological polar surface area (TPSA) is 143 Å². The van der Waals surface area contributed by atoms with Crippen LogP contribution in [0.25, 0.3) is 10.8 Å². The van der Waals surface area contributed by atoms with Gasteiger partial charge < -0.3 is 25.0 Å². The number of methoxy groups -OCH3 is 1. The van der Waals surface area contributed by atoms with Crippen molar-refractivity contribution in [1.82, 2.24) is 14.9 Å². The Balaban J connectivity index is 1.52. The maximum absolute atomic E-state index is 12.7. The molecule has 1 aromatic heterocycles. The van der Waals surface area contributed by atoms with Gasteiger partial charge in [0.1, 0.15) is 23.9 Å². The largest absolute Gasteiger partial charge is 0.394 e. The Morgan fingerprint density at radius 3 is 2.73 bits per heavy atom. The number of hydrogen-bond donors (Lipinski definition) is 4. The first-order chi connectivity index (χ1) is 15.9. The first-order valence-corrected chi connectivity index (χ1v) is 10.5. The van der Waals surface area contributed by atoms with Crippen molar-refractivity contribution in [2.75, 3.05) is 20.3 Å². The maximum Gasteiger partial charge on any atom is 0.330 e. The summed E-state index contributed by atoms with van der Waals surface area (Å²) < 4.78 is 11.7. The number of aromatic nitrogens is 2. The molecule has 33 heavy (non-hydrogen) atoms. The van der Waals surface area contributed by atoms with Crippen LogP contribution >= 0.6 is 0 Å². The number of carbonyl (C=O) groups is 1. The number of H-pyrrole nitrogens is 1. The van der Waals surface area contributed by atoms with E-state index < -0.39 is 48.3 Å². The molecule has 1 amide bonds. The van der Waals surface area contributed by atoms with E-state index in [9.17, 15) is 24.6 Å². The molecule has 4 rings (SSSR count). The molecule has 3 aromatic rings. The number of nitrogens with one attached hydrogen (secondary N) is 2. The quantitative estimate of drug-likeness (QED) is 0.390. The molecule has 0 saturated carbocycles. The summed E-state index contributed by atoms with van der Waals surface area (Å²) in [6, 6.07) is 13.9. The molecule has 0 spiro atoms. The molecule has 2 aromatic carbocycles. The standard InChI is InChI=1S/C23H25N3O7/c1-32-19-18(28)17(12-27)33-22(19)26-11-16(21(30)25-23(26)31)20(29)24-10-9-14-7-4-6-13-5-2-3-8-15(13)14/h2-8,11,17-19,22,27-28H,9-10,12H2,1H3,(H,24,29)(H,25,30,31)/t17-,18+,19-,22-/m1/s1. The lowest BCUT2D eigenvalue weighted by Gasteiger charge is -2.20. The predicted octanol–water partition coefficient (Wildman–Crippen LogP) is -0.0721. The first-order valence-electron chi connectivity index (χ1n) is 10.5. The van der Waals surface area contributed by atoms with Gasteiger partial charge in [0.25, 0.3) is 11.5 Å². The Labute approximate surface area is 188 Å². The smallest absolute Gasteiger partial charge is 0.330 e. The molecule has 2 heterocycles. The summed E-state index contributed by atoms with van der Waals surface area (Å²) in [6.45, 7) is -0.214. The highest BCUT2D eigenvalue weighted by molar-refractivity contribution is 5.93. The van der Waals surface area contributed by atoms with Gasteiger partial charge in [0.05, 0.1) is 6.61 Å². The second kappa shape index (κ2) is 9.67. The summed E-state index contributed by atoms with van der Waals surface area (Å²) >= 11 is 0. The normalized spacial score (nSPS) is 22.5.